The van der Waals surface area contributed by atoms with E-state index in [-0.39, 0.29) is 35.9 Å². The molecule has 0 aliphatic carbocycles. The van der Waals surface area contributed by atoms with Crippen LogP contribution in [0.2, 0.25) is 30.8 Å². The monoisotopic (exact) mass is 560 g/mol. The number of likely N-dealkylation sites (N-methyl/N-ethyl adjacent to an activating group) is 1. The van der Waals surface area contributed by atoms with E-state index in [1.807, 2.05) is 6.92 Å². The second-order valence-electron chi connectivity index (χ2n) is 11.5. The predicted molar refractivity (Wildman–Crippen MR) is 144 cm³/mol. The molecular formula is C27H31ClF2N4O3Si. The summed E-state index contributed by atoms with van der Waals surface area (Å²) in [5.74, 6) is -1.85. The van der Waals surface area contributed by atoms with Crippen LogP contribution in [0.5, 0.6) is 0 Å². The molecule has 0 unspecified atom stereocenters. The van der Waals surface area contributed by atoms with Gasteiger partial charge < -0.3 is 19.1 Å². The summed E-state index contributed by atoms with van der Waals surface area (Å²) in [6, 6.07) is 7.88. The fourth-order valence-corrected chi connectivity index (χ4v) is 6.38. The molecule has 0 bridgehead atoms. The van der Waals surface area contributed by atoms with Crippen molar-refractivity contribution in [2.75, 3.05) is 13.7 Å². The third-order valence-corrected chi connectivity index (χ3v) is 9.68. The van der Waals surface area contributed by atoms with Gasteiger partial charge in [-0.15, -0.1) is 0 Å². The number of aromatic nitrogens is 2. The summed E-state index contributed by atoms with van der Waals surface area (Å²) in [5, 5.41) is -0.251. The number of carbonyl (C=O) groups is 2. The highest BCUT2D eigenvalue weighted by atomic mass is 35.5. The highest BCUT2D eigenvalue weighted by Gasteiger charge is 2.60. The van der Waals surface area contributed by atoms with Crippen LogP contribution in [0.3, 0.4) is 0 Å². The molecule has 1 aromatic carbocycles. The van der Waals surface area contributed by atoms with Gasteiger partial charge in [-0.1, -0.05) is 37.3 Å². The van der Waals surface area contributed by atoms with Crippen molar-refractivity contribution in [1.29, 1.82) is 0 Å². The quantitative estimate of drug-likeness (QED) is 0.221. The number of amides is 2. The Kier molecular flexibility index (Phi) is 6.64. The Morgan fingerprint density at radius 2 is 1.92 bits per heavy atom. The Labute approximate surface area is 226 Å². The molecule has 202 valence electrons. The second kappa shape index (κ2) is 9.43. The van der Waals surface area contributed by atoms with Crippen molar-refractivity contribution >= 4 is 42.5 Å². The Hall–Kier alpha value is -2.82. The summed E-state index contributed by atoms with van der Waals surface area (Å²) in [6.45, 7) is 9.36. The van der Waals surface area contributed by atoms with E-state index in [1.54, 1.807) is 22.6 Å². The van der Waals surface area contributed by atoms with Crippen molar-refractivity contribution < 1.29 is 23.1 Å². The zero-order chi connectivity index (χ0) is 27.6. The van der Waals surface area contributed by atoms with Crippen LogP contribution >= 0.6 is 11.6 Å². The Morgan fingerprint density at radius 1 is 1.18 bits per heavy atom. The van der Waals surface area contributed by atoms with Gasteiger partial charge in [0.1, 0.15) is 12.5 Å². The van der Waals surface area contributed by atoms with Gasteiger partial charge in [0.25, 0.3) is 11.8 Å². The maximum absolute atomic E-state index is 14.5. The first-order valence-corrected chi connectivity index (χ1v) is 16.7. The summed E-state index contributed by atoms with van der Waals surface area (Å²) < 4.78 is 36.4. The first-order valence-electron chi connectivity index (χ1n) is 12.6. The lowest BCUT2D eigenvalue weighted by Gasteiger charge is -2.34. The average Bonchev–Trinajstić information content (AvgIpc) is 3.36. The summed E-state index contributed by atoms with van der Waals surface area (Å²) in [5.41, 5.74) is 0.964. The van der Waals surface area contributed by atoms with Crippen LogP contribution in [-0.2, 0) is 28.3 Å². The molecule has 2 amide bonds. The van der Waals surface area contributed by atoms with Crippen LogP contribution in [0.15, 0.2) is 30.3 Å². The minimum Gasteiger partial charge on any atom is -0.361 e. The zero-order valence-electron chi connectivity index (χ0n) is 22.1. The van der Waals surface area contributed by atoms with E-state index >= 15 is 0 Å². The molecule has 5 rings (SSSR count). The highest BCUT2D eigenvalue weighted by Crippen LogP contribution is 2.49. The van der Waals surface area contributed by atoms with Gasteiger partial charge in [-0.3, -0.25) is 9.59 Å². The number of rotatable bonds is 7. The van der Waals surface area contributed by atoms with Gasteiger partial charge in [-0.2, -0.15) is 0 Å². The average molecular weight is 561 g/mol. The first-order chi connectivity index (χ1) is 17.8. The summed E-state index contributed by atoms with van der Waals surface area (Å²) >= 11 is 5.97. The van der Waals surface area contributed by atoms with Gasteiger partial charge in [-0.25, -0.2) is 13.8 Å². The van der Waals surface area contributed by atoms with E-state index in [4.69, 9.17) is 16.3 Å². The third-order valence-electron chi connectivity index (χ3n) is 7.71. The molecule has 2 aliphatic rings. The van der Waals surface area contributed by atoms with E-state index in [1.165, 1.54) is 29.2 Å². The molecular weight excluding hydrogens is 530 g/mol. The minimum absolute atomic E-state index is 0.0222. The fraction of sp³-hybridized carbons (Fsp3) is 0.444. The number of fused-ring (bicyclic) bond motifs is 3. The largest absolute Gasteiger partial charge is 0.361 e. The number of carbonyl (C=O) groups excluding carboxylic acids is 2. The third kappa shape index (κ3) is 4.32. The number of hydrogen-bond donors (Lipinski definition) is 0. The van der Waals surface area contributed by atoms with Crippen molar-refractivity contribution in [1.82, 2.24) is 19.4 Å². The molecule has 0 radical (unpaired) electrons. The molecule has 0 saturated carbocycles. The fourth-order valence-electron chi connectivity index (χ4n) is 5.48. The summed E-state index contributed by atoms with van der Waals surface area (Å²) in [6.07, 6.45) is 0.373. The van der Waals surface area contributed by atoms with Crippen LogP contribution in [0, 0.1) is 11.6 Å². The predicted octanol–water partition coefficient (Wildman–Crippen LogP) is 5.38. The SMILES string of the molecule is C[C@H]1C[C@@]2(C(=O)N1C)c1ccc(F)cc1C(=O)N2Cc1cc2nc(Cl)c(F)cc2n1COCC[Si](C)(C)C. The summed E-state index contributed by atoms with van der Waals surface area (Å²) in [4.78, 5) is 34.8. The molecule has 0 N–H and O–H groups in total. The number of halogens is 3. The standard InChI is InChI=1S/C27H31ClF2N4O3Si/c1-16-13-27(26(36)32(16)2)20-7-6-17(29)10-19(20)25(35)34(27)14-18-11-22-23(12-21(30)24(28)31-22)33(18)15-37-8-9-38(3,4)5/h6-7,10-12,16H,8-9,13-15H2,1-5H3/t16-,27-/m0/s1. The molecule has 11 heteroatoms. The van der Waals surface area contributed by atoms with Crippen molar-refractivity contribution in [2.24, 2.45) is 0 Å². The normalized spacial score (nSPS) is 21.4. The zero-order valence-corrected chi connectivity index (χ0v) is 23.9. The van der Waals surface area contributed by atoms with Gasteiger partial charge in [0, 0.05) is 57.1 Å². The van der Waals surface area contributed by atoms with Crippen molar-refractivity contribution in [3.8, 4) is 0 Å². The molecule has 7 nitrogen and oxygen atoms in total. The number of ether oxygens (including phenoxy) is 1. The number of pyridine rings is 1. The van der Waals surface area contributed by atoms with E-state index < -0.39 is 31.2 Å². The summed E-state index contributed by atoms with van der Waals surface area (Å²) in [7, 11) is 0.377. The van der Waals surface area contributed by atoms with E-state index in [9.17, 15) is 18.4 Å². The Morgan fingerprint density at radius 3 is 2.58 bits per heavy atom. The number of nitrogens with zero attached hydrogens (tertiary/aromatic N) is 4. The molecule has 1 spiro atoms. The van der Waals surface area contributed by atoms with Crippen molar-refractivity contribution in [3.63, 3.8) is 0 Å². The van der Waals surface area contributed by atoms with Gasteiger partial charge in [0.15, 0.2) is 16.5 Å². The van der Waals surface area contributed by atoms with Crippen LogP contribution in [0.25, 0.3) is 11.0 Å². The van der Waals surface area contributed by atoms with Crippen molar-refractivity contribution in [2.45, 2.75) is 63.9 Å². The number of likely N-dealkylation sites (tertiary alicyclic amines) is 1. The molecule has 2 aromatic heterocycles. The lowest BCUT2D eigenvalue weighted by Crippen LogP contribution is -2.49. The van der Waals surface area contributed by atoms with Crippen LogP contribution in [0.1, 0.15) is 35.0 Å². The molecule has 4 heterocycles. The van der Waals surface area contributed by atoms with Crippen LogP contribution in [0.4, 0.5) is 8.78 Å². The molecule has 1 saturated heterocycles. The number of hydrogen-bond acceptors (Lipinski definition) is 4. The molecule has 3 aromatic rings. The molecule has 2 atom stereocenters. The lowest BCUT2D eigenvalue weighted by atomic mass is 9.86. The van der Waals surface area contributed by atoms with E-state index in [2.05, 4.69) is 24.6 Å². The van der Waals surface area contributed by atoms with Gasteiger partial charge in [-0.05, 0) is 31.2 Å². The molecule has 1 fully saturated rings. The van der Waals surface area contributed by atoms with Crippen LogP contribution in [-0.4, -0.2) is 58.9 Å². The molecule has 38 heavy (non-hydrogen) atoms. The molecule has 2 aliphatic heterocycles. The maximum Gasteiger partial charge on any atom is 0.255 e. The topological polar surface area (TPSA) is 67.7 Å². The van der Waals surface area contributed by atoms with E-state index in [0.717, 1.165) is 6.04 Å². The number of benzene rings is 1. The van der Waals surface area contributed by atoms with Gasteiger partial charge in [0.2, 0.25) is 0 Å². The van der Waals surface area contributed by atoms with Gasteiger partial charge >= 0.3 is 0 Å². The van der Waals surface area contributed by atoms with E-state index in [0.29, 0.717) is 35.3 Å². The first kappa shape index (κ1) is 26.8. The maximum atomic E-state index is 14.5. The minimum atomic E-state index is -1.34. The Balaban J connectivity index is 1.58. The second-order valence-corrected chi connectivity index (χ2v) is 17.5. The van der Waals surface area contributed by atoms with Gasteiger partial charge in [0.05, 0.1) is 17.6 Å². The smallest absolute Gasteiger partial charge is 0.255 e. The van der Waals surface area contributed by atoms with Crippen molar-refractivity contribution in [3.05, 3.63) is 63.9 Å². The lowest BCUT2D eigenvalue weighted by molar-refractivity contribution is -0.136. The highest BCUT2D eigenvalue weighted by molar-refractivity contribution is 6.76. The Bertz CT molecular complexity index is 1460. The van der Waals surface area contributed by atoms with Crippen LogP contribution < -0.4 is 0 Å².